The Morgan fingerprint density at radius 1 is 1.22 bits per heavy atom. The molecule has 0 atom stereocenters. The molecule has 0 aromatic heterocycles. The molecule has 0 aliphatic carbocycles. The summed E-state index contributed by atoms with van der Waals surface area (Å²) in [5.41, 5.74) is 6.96. The van der Waals surface area contributed by atoms with E-state index in [-0.39, 0.29) is 11.6 Å². The first kappa shape index (κ1) is 17.5. The lowest BCUT2D eigenvalue weighted by Crippen LogP contribution is -2.51. The normalized spacial score (nSPS) is 16.7. The van der Waals surface area contributed by atoms with E-state index in [1.54, 1.807) is 12.1 Å². The van der Waals surface area contributed by atoms with E-state index >= 15 is 0 Å². The monoisotopic (exact) mass is 342 g/mol. The predicted molar refractivity (Wildman–Crippen MR) is 91.0 cm³/mol. The molecule has 128 valence electrons. The van der Waals surface area contributed by atoms with Gasteiger partial charge in [-0.1, -0.05) is 0 Å². The van der Waals surface area contributed by atoms with E-state index in [0.29, 0.717) is 18.9 Å². The summed E-state index contributed by atoms with van der Waals surface area (Å²) in [4.78, 5) is 8.41. The van der Waals surface area contributed by atoms with Crippen LogP contribution in [0.15, 0.2) is 29.3 Å². The van der Waals surface area contributed by atoms with E-state index in [4.69, 9.17) is 5.73 Å². The van der Waals surface area contributed by atoms with Crippen molar-refractivity contribution in [3.63, 3.8) is 0 Å². The highest BCUT2D eigenvalue weighted by atomic mass is 32.2. The molecule has 23 heavy (non-hydrogen) atoms. The third-order valence-electron chi connectivity index (χ3n) is 3.74. The predicted octanol–water partition coefficient (Wildman–Crippen LogP) is 0.697. The van der Waals surface area contributed by atoms with Gasteiger partial charge in [0.15, 0.2) is 5.96 Å². The van der Waals surface area contributed by atoms with Crippen LogP contribution < -0.4 is 10.6 Å². The smallest absolute Gasteiger partial charge is 0.191 e. The van der Waals surface area contributed by atoms with Crippen LogP contribution in [0.4, 0.5) is 10.1 Å². The SMILES string of the molecule is CS(=O)(=O)CCCN=C(N)N1CCN(c2ccc(F)cc2)CC1. The number of benzene rings is 1. The zero-order valence-electron chi connectivity index (χ0n) is 13.3. The number of nitrogens with two attached hydrogens (primary N) is 1. The van der Waals surface area contributed by atoms with Crippen molar-refractivity contribution in [1.82, 2.24) is 4.90 Å². The molecule has 1 aromatic rings. The molecular weight excluding hydrogens is 319 g/mol. The molecule has 0 radical (unpaired) electrons. The average molecular weight is 342 g/mol. The molecule has 0 spiro atoms. The Morgan fingerprint density at radius 2 is 1.83 bits per heavy atom. The molecule has 1 heterocycles. The number of guanidine groups is 1. The van der Waals surface area contributed by atoms with Gasteiger partial charge < -0.3 is 15.5 Å². The van der Waals surface area contributed by atoms with E-state index in [9.17, 15) is 12.8 Å². The summed E-state index contributed by atoms with van der Waals surface area (Å²) in [7, 11) is -2.94. The number of piperazine rings is 1. The van der Waals surface area contributed by atoms with Crippen LogP contribution in [-0.4, -0.2) is 64.0 Å². The lowest BCUT2D eigenvalue weighted by Gasteiger charge is -2.36. The fourth-order valence-corrected chi connectivity index (χ4v) is 3.12. The molecule has 2 N–H and O–H groups in total. The van der Waals surface area contributed by atoms with E-state index in [1.165, 1.54) is 18.4 Å². The molecule has 6 nitrogen and oxygen atoms in total. The Balaban J connectivity index is 1.80. The molecule has 1 aliphatic rings. The zero-order valence-corrected chi connectivity index (χ0v) is 14.1. The van der Waals surface area contributed by atoms with Crippen LogP contribution >= 0.6 is 0 Å². The highest BCUT2D eigenvalue weighted by Gasteiger charge is 2.18. The van der Waals surface area contributed by atoms with E-state index in [2.05, 4.69) is 9.89 Å². The van der Waals surface area contributed by atoms with Gasteiger partial charge in [-0.25, -0.2) is 12.8 Å². The number of hydrogen-bond acceptors (Lipinski definition) is 4. The number of hydrogen-bond donors (Lipinski definition) is 1. The zero-order chi connectivity index (χ0) is 16.9. The third-order valence-corrected chi connectivity index (χ3v) is 4.77. The van der Waals surface area contributed by atoms with Crippen molar-refractivity contribution in [2.75, 3.05) is 49.6 Å². The fourth-order valence-electron chi connectivity index (χ4n) is 2.47. The molecule has 0 unspecified atom stereocenters. The molecule has 1 fully saturated rings. The van der Waals surface area contributed by atoms with Gasteiger partial charge in [-0.15, -0.1) is 0 Å². The van der Waals surface area contributed by atoms with Gasteiger partial charge in [0.05, 0.1) is 5.75 Å². The number of nitrogens with zero attached hydrogens (tertiary/aromatic N) is 3. The summed E-state index contributed by atoms with van der Waals surface area (Å²) < 4.78 is 35.0. The highest BCUT2D eigenvalue weighted by molar-refractivity contribution is 7.90. The Hall–Kier alpha value is -1.83. The molecule has 1 aromatic carbocycles. The number of halogens is 1. The molecule has 0 bridgehead atoms. The molecular formula is C15H23FN4O2S. The van der Waals surface area contributed by atoms with Crippen LogP contribution in [0.2, 0.25) is 0 Å². The van der Waals surface area contributed by atoms with Crippen molar-refractivity contribution in [3.05, 3.63) is 30.1 Å². The Kier molecular flexibility index (Phi) is 5.81. The topological polar surface area (TPSA) is 79.0 Å². The van der Waals surface area contributed by atoms with Crippen molar-refractivity contribution in [1.29, 1.82) is 0 Å². The quantitative estimate of drug-likeness (QED) is 0.484. The Morgan fingerprint density at radius 3 is 2.39 bits per heavy atom. The van der Waals surface area contributed by atoms with Crippen LogP contribution in [0, 0.1) is 5.82 Å². The first-order chi connectivity index (χ1) is 10.8. The van der Waals surface area contributed by atoms with Gasteiger partial charge in [0.25, 0.3) is 0 Å². The largest absolute Gasteiger partial charge is 0.370 e. The molecule has 1 aliphatic heterocycles. The van der Waals surface area contributed by atoms with Crippen molar-refractivity contribution in [2.24, 2.45) is 10.7 Å². The minimum absolute atomic E-state index is 0.127. The number of rotatable bonds is 5. The fraction of sp³-hybridized carbons (Fsp3) is 0.533. The van der Waals surface area contributed by atoms with Crippen LogP contribution in [0.1, 0.15) is 6.42 Å². The maximum absolute atomic E-state index is 12.9. The first-order valence-electron chi connectivity index (χ1n) is 7.58. The van der Waals surface area contributed by atoms with Crippen LogP contribution in [-0.2, 0) is 9.84 Å². The van der Waals surface area contributed by atoms with Gasteiger partial charge in [-0.2, -0.15) is 0 Å². The van der Waals surface area contributed by atoms with Gasteiger partial charge in [-0.05, 0) is 30.7 Å². The Bertz CT molecular complexity index is 638. The van der Waals surface area contributed by atoms with Crippen molar-refractivity contribution in [2.45, 2.75) is 6.42 Å². The van der Waals surface area contributed by atoms with Gasteiger partial charge >= 0.3 is 0 Å². The third kappa shape index (κ3) is 5.70. The summed E-state index contributed by atoms with van der Waals surface area (Å²) in [6.45, 7) is 3.45. The van der Waals surface area contributed by atoms with Crippen LogP contribution in [0.25, 0.3) is 0 Å². The molecule has 2 rings (SSSR count). The second-order valence-corrected chi connectivity index (χ2v) is 7.93. The summed E-state index contributed by atoms with van der Waals surface area (Å²) >= 11 is 0. The maximum atomic E-state index is 12.9. The van der Waals surface area contributed by atoms with Gasteiger partial charge in [0.2, 0.25) is 0 Å². The maximum Gasteiger partial charge on any atom is 0.191 e. The highest BCUT2D eigenvalue weighted by Crippen LogP contribution is 2.16. The van der Waals surface area contributed by atoms with E-state index in [1.807, 2.05) is 4.90 Å². The van der Waals surface area contributed by atoms with Crippen molar-refractivity contribution in [3.8, 4) is 0 Å². The first-order valence-corrected chi connectivity index (χ1v) is 9.64. The summed E-state index contributed by atoms with van der Waals surface area (Å²) in [6.07, 6.45) is 1.70. The minimum Gasteiger partial charge on any atom is -0.370 e. The van der Waals surface area contributed by atoms with Gasteiger partial charge in [-0.3, -0.25) is 4.99 Å². The minimum atomic E-state index is -2.94. The number of sulfone groups is 1. The summed E-state index contributed by atoms with van der Waals surface area (Å²) in [6, 6.07) is 6.46. The second kappa shape index (κ2) is 7.63. The van der Waals surface area contributed by atoms with Gasteiger partial charge in [0, 0.05) is 44.7 Å². The molecule has 0 saturated carbocycles. The lowest BCUT2D eigenvalue weighted by atomic mass is 10.2. The Labute approximate surface area is 136 Å². The number of aliphatic imine (C=N–C) groups is 1. The van der Waals surface area contributed by atoms with Crippen molar-refractivity contribution >= 4 is 21.5 Å². The standard InChI is InChI=1S/C15H23FN4O2S/c1-23(21,22)12-2-7-18-15(17)20-10-8-19(9-11-20)14-5-3-13(16)4-6-14/h3-6H,2,7-12H2,1H3,(H2,17,18). The van der Waals surface area contributed by atoms with E-state index in [0.717, 1.165) is 31.9 Å². The summed E-state index contributed by atoms with van der Waals surface area (Å²) in [5, 5.41) is 0. The van der Waals surface area contributed by atoms with Crippen molar-refractivity contribution < 1.29 is 12.8 Å². The molecule has 1 saturated heterocycles. The van der Waals surface area contributed by atoms with Gasteiger partial charge in [0.1, 0.15) is 15.7 Å². The molecule has 0 amide bonds. The lowest BCUT2D eigenvalue weighted by molar-refractivity contribution is 0.380. The molecule has 8 heteroatoms. The summed E-state index contributed by atoms with van der Waals surface area (Å²) in [5.74, 6) is 0.345. The van der Waals surface area contributed by atoms with Crippen LogP contribution in [0.3, 0.4) is 0 Å². The second-order valence-electron chi connectivity index (χ2n) is 5.67. The van der Waals surface area contributed by atoms with Crippen LogP contribution in [0.5, 0.6) is 0 Å². The average Bonchev–Trinajstić information content (AvgIpc) is 2.51. The van der Waals surface area contributed by atoms with E-state index < -0.39 is 9.84 Å². The number of anilines is 1.